The Morgan fingerprint density at radius 2 is 1.86 bits per heavy atom. The summed E-state index contributed by atoms with van der Waals surface area (Å²) in [4.78, 5) is 23.3. The van der Waals surface area contributed by atoms with Gasteiger partial charge >= 0.3 is 0 Å². The highest BCUT2D eigenvalue weighted by atomic mass is 127. The van der Waals surface area contributed by atoms with Crippen molar-refractivity contribution in [1.29, 1.82) is 0 Å². The third-order valence-corrected chi connectivity index (χ3v) is 3.73. The molecule has 5 nitrogen and oxygen atoms in total. The molecular formula is C15H21IN2O3. The van der Waals surface area contributed by atoms with Gasteiger partial charge in [-0.3, -0.25) is 9.59 Å². The molecule has 1 rings (SSSR count). The van der Waals surface area contributed by atoms with Gasteiger partial charge in [-0.05, 0) is 52.6 Å². The molecule has 0 saturated heterocycles. The van der Waals surface area contributed by atoms with Crippen molar-refractivity contribution in [2.24, 2.45) is 11.7 Å². The Morgan fingerprint density at radius 1 is 1.29 bits per heavy atom. The van der Waals surface area contributed by atoms with E-state index in [4.69, 9.17) is 5.73 Å². The maximum absolute atomic E-state index is 11.9. The lowest BCUT2D eigenvalue weighted by molar-refractivity contribution is -0.133. The van der Waals surface area contributed by atoms with E-state index < -0.39 is 24.0 Å². The number of hydrogen-bond donors (Lipinski definition) is 3. The van der Waals surface area contributed by atoms with E-state index in [1.165, 1.54) is 0 Å². The van der Waals surface area contributed by atoms with E-state index in [0.717, 1.165) is 9.13 Å². The fraction of sp³-hybridized carbons (Fsp3) is 0.467. The number of aliphatic hydroxyl groups is 1. The molecule has 2 amide bonds. The molecule has 6 heteroatoms. The Kier molecular flexibility index (Phi) is 7.10. The van der Waals surface area contributed by atoms with Gasteiger partial charge in [-0.15, -0.1) is 0 Å². The molecule has 0 radical (unpaired) electrons. The van der Waals surface area contributed by atoms with E-state index in [1.54, 1.807) is 0 Å². The fourth-order valence-corrected chi connectivity index (χ4v) is 2.26. The summed E-state index contributed by atoms with van der Waals surface area (Å²) in [7, 11) is 0. The maximum atomic E-state index is 11.9. The molecule has 1 aromatic carbocycles. The molecule has 0 fully saturated rings. The van der Waals surface area contributed by atoms with Crippen LogP contribution in [0.5, 0.6) is 0 Å². The standard InChI is InChI=1S/C15H21IN2O3/c1-9(2)7-13(19)15(21)18-12(14(17)20)8-10-3-5-11(16)6-4-10/h3-6,9,12-13,19H,7-8H2,1-2H3,(H2,17,20)(H,18,21)/t12-,13+/m0/s1. The first-order chi connectivity index (χ1) is 9.79. The van der Waals surface area contributed by atoms with Crippen LogP contribution in [0.15, 0.2) is 24.3 Å². The van der Waals surface area contributed by atoms with Crippen molar-refractivity contribution in [3.8, 4) is 0 Å². The second-order valence-electron chi connectivity index (χ2n) is 5.44. The van der Waals surface area contributed by atoms with Crippen LogP contribution in [0.25, 0.3) is 0 Å². The van der Waals surface area contributed by atoms with Gasteiger partial charge in [0.15, 0.2) is 0 Å². The van der Waals surface area contributed by atoms with Crippen LogP contribution in [-0.2, 0) is 16.0 Å². The van der Waals surface area contributed by atoms with E-state index in [9.17, 15) is 14.7 Å². The van der Waals surface area contributed by atoms with Crippen molar-refractivity contribution in [3.05, 3.63) is 33.4 Å². The number of aliphatic hydroxyl groups excluding tert-OH is 1. The van der Waals surface area contributed by atoms with Crippen LogP contribution in [0.2, 0.25) is 0 Å². The van der Waals surface area contributed by atoms with Crippen molar-refractivity contribution in [2.75, 3.05) is 0 Å². The molecule has 0 aliphatic heterocycles. The van der Waals surface area contributed by atoms with E-state index in [-0.39, 0.29) is 5.92 Å². The molecule has 1 aromatic rings. The van der Waals surface area contributed by atoms with Gasteiger partial charge in [0.1, 0.15) is 12.1 Å². The SMILES string of the molecule is CC(C)C[C@@H](O)C(=O)N[C@@H](Cc1ccc(I)cc1)C(N)=O. The second kappa shape index (κ2) is 8.33. The van der Waals surface area contributed by atoms with Crippen molar-refractivity contribution >= 4 is 34.4 Å². The first-order valence-electron chi connectivity index (χ1n) is 6.81. The van der Waals surface area contributed by atoms with E-state index >= 15 is 0 Å². The van der Waals surface area contributed by atoms with Crippen molar-refractivity contribution in [1.82, 2.24) is 5.32 Å². The second-order valence-corrected chi connectivity index (χ2v) is 6.69. The number of benzene rings is 1. The lowest BCUT2D eigenvalue weighted by Gasteiger charge is -2.19. The number of nitrogens with two attached hydrogens (primary N) is 1. The smallest absolute Gasteiger partial charge is 0.249 e. The molecule has 0 saturated carbocycles. The van der Waals surface area contributed by atoms with Gasteiger partial charge in [0.05, 0.1) is 0 Å². The zero-order chi connectivity index (χ0) is 16.0. The molecular weight excluding hydrogens is 383 g/mol. The maximum Gasteiger partial charge on any atom is 0.249 e. The topological polar surface area (TPSA) is 92.4 Å². The Hall–Kier alpha value is -1.15. The molecule has 0 bridgehead atoms. The number of nitrogens with one attached hydrogen (secondary N) is 1. The number of hydrogen-bond acceptors (Lipinski definition) is 3. The van der Waals surface area contributed by atoms with Gasteiger partial charge in [-0.25, -0.2) is 0 Å². The van der Waals surface area contributed by atoms with E-state index in [2.05, 4.69) is 27.9 Å². The van der Waals surface area contributed by atoms with Gasteiger partial charge in [0.25, 0.3) is 0 Å². The number of carbonyl (C=O) groups excluding carboxylic acids is 2. The zero-order valence-corrected chi connectivity index (χ0v) is 14.3. The van der Waals surface area contributed by atoms with Crippen LogP contribution in [-0.4, -0.2) is 29.1 Å². The number of carbonyl (C=O) groups is 2. The molecule has 0 heterocycles. The number of amides is 2. The molecule has 0 aliphatic rings. The normalized spacial score (nSPS) is 13.8. The fourth-order valence-electron chi connectivity index (χ4n) is 1.90. The van der Waals surface area contributed by atoms with Gasteiger partial charge in [-0.2, -0.15) is 0 Å². The average molecular weight is 404 g/mol. The average Bonchev–Trinajstić information content (AvgIpc) is 2.39. The Bertz CT molecular complexity index is 488. The Morgan fingerprint density at radius 3 is 2.33 bits per heavy atom. The molecule has 0 aliphatic carbocycles. The lowest BCUT2D eigenvalue weighted by atomic mass is 10.0. The number of halogens is 1. The van der Waals surface area contributed by atoms with Gasteiger partial charge < -0.3 is 16.2 Å². The summed E-state index contributed by atoms with van der Waals surface area (Å²) in [5, 5.41) is 12.3. The Labute approximate surface area is 138 Å². The predicted octanol–water partition coefficient (Wildman–Crippen LogP) is 1.21. The first-order valence-corrected chi connectivity index (χ1v) is 7.89. The number of primary amides is 1. The van der Waals surface area contributed by atoms with E-state index in [0.29, 0.717) is 12.8 Å². The third-order valence-electron chi connectivity index (χ3n) is 3.01. The van der Waals surface area contributed by atoms with Crippen molar-refractivity contribution < 1.29 is 14.7 Å². The molecule has 0 aromatic heterocycles. The largest absolute Gasteiger partial charge is 0.383 e. The summed E-state index contributed by atoms with van der Waals surface area (Å²) in [6, 6.07) is 6.79. The summed E-state index contributed by atoms with van der Waals surface area (Å²) < 4.78 is 1.09. The molecule has 2 atom stereocenters. The van der Waals surface area contributed by atoms with E-state index in [1.807, 2.05) is 38.1 Å². The molecule has 21 heavy (non-hydrogen) atoms. The minimum absolute atomic E-state index is 0.189. The third kappa shape index (κ3) is 6.43. The van der Waals surface area contributed by atoms with Gasteiger partial charge in [0.2, 0.25) is 11.8 Å². The monoisotopic (exact) mass is 404 g/mol. The zero-order valence-electron chi connectivity index (χ0n) is 12.2. The summed E-state index contributed by atoms with van der Waals surface area (Å²) in [6.45, 7) is 3.82. The van der Waals surface area contributed by atoms with Crippen molar-refractivity contribution in [3.63, 3.8) is 0 Å². The summed E-state index contributed by atoms with van der Waals surface area (Å²) >= 11 is 2.19. The quantitative estimate of drug-likeness (QED) is 0.597. The summed E-state index contributed by atoms with van der Waals surface area (Å²) in [5.41, 5.74) is 6.23. The molecule has 0 spiro atoms. The van der Waals surface area contributed by atoms with Crippen molar-refractivity contribution in [2.45, 2.75) is 38.8 Å². The molecule has 4 N–H and O–H groups in total. The van der Waals surface area contributed by atoms with Crippen LogP contribution in [0.3, 0.4) is 0 Å². The van der Waals surface area contributed by atoms with Gasteiger partial charge in [-0.1, -0.05) is 26.0 Å². The lowest BCUT2D eigenvalue weighted by Crippen LogP contribution is -2.49. The summed E-state index contributed by atoms with van der Waals surface area (Å²) in [5.74, 6) is -0.981. The molecule has 0 unspecified atom stereocenters. The van der Waals surface area contributed by atoms with Crippen LogP contribution < -0.4 is 11.1 Å². The summed E-state index contributed by atoms with van der Waals surface area (Å²) in [6.07, 6.45) is -0.462. The molecule has 116 valence electrons. The minimum Gasteiger partial charge on any atom is -0.383 e. The van der Waals surface area contributed by atoms with Crippen LogP contribution in [0, 0.1) is 9.49 Å². The predicted molar refractivity (Wildman–Crippen MR) is 89.4 cm³/mol. The van der Waals surface area contributed by atoms with Gasteiger partial charge in [0, 0.05) is 9.99 Å². The highest BCUT2D eigenvalue weighted by molar-refractivity contribution is 14.1. The first kappa shape index (κ1) is 17.9. The van der Waals surface area contributed by atoms with Crippen LogP contribution in [0.1, 0.15) is 25.8 Å². The van der Waals surface area contributed by atoms with Crippen LogP contribution in [0.4, 0.5) is 0 Å². The van der Waals surface area contributed by atoms with Crippen LogP contribution >= 0.6 is 22.6 Å². The highest BCUT2D eigenvalue weighted by Gasteiger charge is 2.23. The number of rotatable bonds is 7. The Balaban J connectivity index is 2.67. The minimum atomic E-state index is -1.12. The highest BCUT2D eigenvalue weighted by Crippen LogP contribution is 2.10.